The van der Waals surface area contributed by atoms with Crippen LogP contribution in [0.15, 0.2) is 0 Å². The largest absolute Gasteiger partial charge is 0.462 e. The zero-order valence-corrected chi connectivity index (χ0v) is 48.0. The second-order valence-electron chi connectivity index (χ2n) is 22.5. The smallest absolute Gasteiger partial charge is 0.306 e. The molecule has 70 heavy (non-hydrogen) atoms. The number of rotatable bonds is 59. The van der Waals surface area contributed by atoms with Gasteiger partial charge in [0.1, 0.15) is 13.2 Å². The topological polar surface area (TPSA) is 78.9 Å². The van der Waals surface area contributed by atoms with Crippen molar-refractivity contribution in [2.75, 3.05) is 13.2 Å². The molecule has 0 aliphatic rings. The third kappa shape index (κ3) is 57.3. The van der Waals surface area contributed by atoms with Crippen LogP contribution in [-0.2, 0) is 28.6 Å². The van der Waals surface area contributed by atoms with Crippen molar-refractivity contribution in [2.24, 2.45) is 5.92 Å². The maximum absolute atomic E-state index is 12.9. The molecule has 0 aliphatic heterocycles. The molecular weight excluding hydrogens is 865 g/mol. The molecule has 0 radical (unpaired) electrons. The minimum Gasteiger partial charge on any atom is -0.462 e. The highest BCUT2D eigenvalue weighted by molar-refractivity contribution is 5.71. The Morgan fingerprint density at radius 3 is 0.700 bits per heavy atom. The van der Waals surface area contributed by atoms with Gasteiger partial charge in [-0.25, -0.2) is 0 Å². The lowest BCUT2D eigenvalue weighted by atomic mass is 10.0. The number of unbranched alkanes of at least 4 members (excludes halogenated alkanes) is 46. The van der Waals surface area contributed by atoms with Gasteiger partial charge in [0.2, 0.25) is 0 Å². The van der Waals surface area contributed by atoms with Crippen LogP contribution < -0.4 is 0 Å². The fraction of sp³-hybridized carbons (Fsp3) is 0.953. The first-order valence-corrected chi connectivity index (χ1v) is 31.9. The third-order valence-corrected chi connectivity index (χ3v) is 14.8. The Bertz CT molecular complexity index is 1060. The lowest BCUT2D eigenvalue weighted by molar-refractivity contribution is -0.167. The number of ether oxygens (including phenoxy) is 3. The molecule has 0 aliphatic carbocycles. The van der Waals surface area contributed by atoms with Crippen molar-refractivity contribution in [3.8, 4) is 0 Å². The van der Waals surface area contributed by atoms with E-state index >= 15 is 0 Å². The van der Waals surface area contributed by atoms with Crippen molar-refractivity contribution in [3.05, 3.63) is 0 Å². The van der Waals surface area contributed by atoms with Gasteiger partial charge >= 0.3 is 17.9 Å². The number of hydrogen-bond donors (Lipinski definition) is 0. The van der Waals surface area contributed by atoms with Crippen LogP contribution in [0.1, 0.15) is 368 Å². The van der Waals surface area contributed by atoms with Gasteiger partial charge in [-0.2, -0.15) is 0 Å². The van der Waals surface area contributed by atoms with E-state index < -0.39 is 6.10 Å². The summed E-state index contributed by atoms with van der Waals surface area (Å²) in [5, 5.41) is 0. The standard InChI is InChI=1S/C64H124O6/c1-5-7-9-11-13-15-17-19-21-23-27-31-35-39-43-47-51-55-62(65)68-58-61(70-64(67)57-53-49-45-41-37-33-28-24-22-20-18-16-14-12-10-8-6-2)59-69-63(66)56-52-48-44-40-36-32-29-25-26-30-34-38-42-46-50-54-60(3)4/h60-61H,5-59H2,1-4H3/t61-/m0/s1. The van der Waals surface area contributed by atoms with Crippen LogP contribution in [0.3, 0.4) is 0 Å². The molecule has 6 heteroatoms. The second kappa shape index (κ2) is 58.3. The maximum Gasteiger partial charge on any atom is 0.306 e. The number of carbonyl (C=O) groups excluding carboxylic acids is 3. The molecule has 1 atom stereocenters. The second-order valence-corrected chi connectivity index (χ2v) is 22.5. The molecule has 0 heterocycles. The SMILES string of the molecule is CCCCCCCCCCCCCCCCCCCC(=O)OC[C@@H](COC(=O)CCCCCCCCCCCCCCCCCC(C)C)OC(=O)CCCCCCCCCCCCCCCCCCC. The molecule has 0 aromatic rings. The van der Waals surface area contributed by atoms with E-state index in [-0.39, 0.29) is 31.1 Å². The highest BCUT2D eigenvalue weighted by atomic mass is 16.6. The van der Waals surface area contributed by atoms with Crippen LogP contribution in [0, 0.1) is 5.92 Å². The van der Waals surface area contributed by atoms with E-state index in [4.69, 9.17) is 14.2 Å². The minimum atomic E-state index is -0.763. The number of esters is 3. The van der Waals surface area contributed by atoms with Crippen LogP contribution >= 0.6 is 0 Å². The van der Waals surface area contributed by atoms with Crippen LogP contribution in [0.4, 0.5) is 0 Å². The molecule has 6 nitrogen and oxygen atoms in total. The Labute approximate surface area is 438 Å². The van der Waals surface area contributed by atoms with Gasteiger partial charge in [0, 0.05) is 19.3 Å². The van der Waals surface area contributed by atoms with E-state index in [0.717, 1.165) is 63.7 Å². The molecule has 0 amide bonds. The van der Waals surface area contributed by atoms with Gasteiger partial charge in [-0.05, 0) is 25.2 Å². The van der Waals surface area contributed by atoms with E-state index in [1.807, 2.05) is 0 Å². The van der Waals surface area contributed by atoms with E-state index in [0.29, 0.717) is 19.3 Å². The number of carbonyl (C=O) groups is 3. The molecule has 0 spiro atoms. The summed E-state index contributed by atoms with van der Waals surface area (Å²) in [4.78, 5) is 38.3. The lowest BCUT2D eigenvalue weighted by Crippen LogP contribution is -2.30. The molecule has 0 fully saturated rings. The van der Waals surface area contributed by atoms with Crippen molar-refractivity contribution in [3.63, 3.8) is 0 Å². The van der Waals surface area contributed by atoms with Gasteiger partial charge < -0.3 is 14.2 Å². The average Bonchev–Trinajstić information content (AvgIpc) is 3.35. The summed E-state index contributed by atoms with van der Waals surface area (Å²) in [5.41, 5.74) is 0. The van der Waals surface area contributed by atoms with Gasteiger partial charge in [0.05, 0.1) is 0 Å². The van der Waals surface area contributed by atoms with Crippen molar-refractivity contribution in [1.82, 2.24) is 0 Å². The molecule has 0 unspecified atom stereocenters. The molecule has 0 aromatic carbocycles. The predicted octanol–water partition coefficient (Wildman–Crippen LogP) is 21.4. The normalized spacial score (nSPS) is 12.0. The van der Waals surface area contributed by atoms with Crippen molar-refractivity contribution in [1.29, 1.82) is 0 Å². The van der Waals surface area contributed by atoms with Crippen molar-refractivity contribution < 1.29 is 28.6 Å². The Morgan fingerprint density at radius 1 is 0.271 bits per heavy atom. The van der Waals surface area contributed by atoms with Crippen LogP contribution in [0.5, 0.6) is 0 Å². The van der Waals surface area contributed by atoms with E-state index in [1.165, 1.54) is 263 Å². The quantitative estimate of drug-likeness (QED) is 0.0343. The lowest BCUT2D eigenvalue weighted by Gasteiger charge is -2.18. The van der Waals surface area contributed by atoms with Crippen molar-refractivity contribution >= 4 is 17.9 Å². The molecule has 0 saturated heterocycles. The zero-order chi connectivity index (χ0) is 50.9. The van der Waals surface area contributed by atoms with E-state index in [9.17, 15) is 14.4 Å². The van der Waals surface area contributed by atoms with Gasteiger partial charge in [0.25, 0.3) is 0 Å². The fourth-order valence-corrected chi connectivity index (χ4v) is 9.99. The summed E-state index contributed by atoms with van der Waals surface area (Å²) in [6, 6.07) is 0. The monoisotopic (exact) mass is 989 g/mol. The minimum absolute atomic E-state index is 0.0611. The first kappa shape index (κ1) is 68.4. The zero-order valence-electron chi connectivity index (χ0n) is 48.0. The Balaban J connectivity index is 4.29. The fourth-order valence-electron chi connectivity index (χ4n) is 9.99. The summed E-state index contributed by atoms with van der Waals surface area (Å²) in [7, 11) is 0. The van der Waals surface area contributed by atoms with Gasteiger partial charge in [-0.3, -0.25) is 14.4 Å². The summed E-state index contributed by atoms with van der Waals surface area (Å²) in [6.07, 6.45) is 65.3. The van der Waals surface area contributed by atoms with Crippen LogP contribution in [0.25, 0.3) is 0 Å². The molecule has 0 N–H and O–H groups in total. The number of hydrogen-bond acceptors (Lipinski definition) is 6. The van der Waals surface area contributed by atoms with E-state index in [1.54, 1.807) is 0 Å². The molecule has 416 valence electrons. The van der Waals surface area contributed by atoms with Gasteiger partial charge in [-0.15, -0.1) is 0 Å². The van der Waals surface area contributed by atoms with Gasteiger partial charge in [0.15, 0.2) is 6.10 Å². The molecular formula is C64H124O6. The summed E-state index contributed by atoms with van der Waals surface area (Å²) in [5.74, 6) is 0.0221. The summed E-state index contributed by atoms with van der Waals surface area (Å²) >= 11 is 0. The first-order valence-electron chi connectivity index (χ1n) is 31.9. The Kier molecular flexibility index (Phi) is 57.0. The summed E-state index contributed by atoms with van der Waals surface area (Å²) in [6.45, 7) is 9.10. The van der Waals surface area contributed by atoms with Crippen LogP contribution in [0.2, 0.25) is 0 Å². The third-order valence-electron chi connectivity index (χ3n) is 14.8. The van der Waals surface area contributed by atoms with Crippen molar-refractivity contribution in [2.45, 2.75) is 374 Å². The highest BCUT2D eigenvalue weighted by Crippen LogP contribution is 2.19. The average molecular weight is 990 g/mol. The first-order chi connectivity index (χ1) is 34.4. The van der Waals surface area contributed by atoms with Gasteiger partial charge in [-0.1, -0.05) is 329 Å². The highest BCUT2D eigenvalue weighted by Gasteiger charge is 2.19. The molecule has 0 saturated carbocycles. The molecule has 0 rings (SSSR count). The van der Waals surface area contributed by atoms with E-state index in [2.05, 4.69) is 27.7 Å². The molecule has 0 bridgehead atoms. The Morgan fingerprint density at radius 2 is 0.471 bits per heavy atom. The van der Waals surface area contributed by atoms with Crippen LogP contribution in [-0.4, -0.2) is 37.2 Å². The summed E-state index contributed by atoms with van der Waals surface area (Å²) < 4.78 is 17.0. The predicted molar refractivity (Wildman–Crippen MR) is 303 cm³/mol. The Hall–Kier alpha value is -1.59. The maximum atomic E-state index is 12.9. The molecule has 0 aromatic heterocycles.